The summed E-state index contributed by atoms with van der Waals surface area (Å²) in [6.07, 6.45) is -4.48. The molecule has 2 rings (SSSR count). The fourth-order valence-electron chi connectivity index (χ4n) is 1.94. The summed E-state index contributed by atoms with van der Waals surface area (Å²) in [6, 6.07) is 5.51. The number of carbonyl (C=O) groups is 1. The highest BCUT2D eigenvalue weighted by Crippen LogP contribution is 2.29. The second-order valence-electron chi connectivity index (χ2n) is 4.88. The van der Waals surface area contributed by atoms with Crippen molar-refractivity contribution in [1.82, 2.24) is 9.78 Å². The second kappa shape index (κ2) is 6.73. The Bertz CT molecular complexity index is 816. The van der Waals surface area contributed by atoms with Gasteiger partial charge in [0.05, 0.1) is 5.56 Å². The van der Waals surface area contributed by atoms with Crippen LogP contribution in [0, 0.1) is 0 Å². The predicted molar refractivity (Wildman–Crippen MR) is 79.1 cm³/mol. The van der Waals surface area contributed by atoms with E-state index in [1.165, 1.54) is 12.1 Å². The van der Waals surface area contributed by atoms with E-state index in [4.69, 9.17) is 10.5 Å². The fraction of sp³-hybridized carbons (Fsp3) is 0.267. The molecule has 0 amide bonds. The molecule has 0 fully saturated rings. The van der Waals surface area contributed by atoms with Gasteiger partial charge in [0.25, 0.3) is 5.56 Å². The van der Waals surface area contributed by atoms with Crippen molar-refractivity contribution in [2.24, 2.45) is 0 Å². The third kappa shape index (κ3) is 3.92. The summed E-state index contributed by atoms with van der Waals surface area (Å²) < 4.78 is 43.8. The van der Waals surface area contributed by atoms with Crippen LogP contribution in [0.1, 0.15) is 28.5 Å². The van der Waals surface area contributed by atoms with E-state index < -0.39 is 23.3 Å². The number of alkyl halides is 3. The molecule has 1 aromatic carbocycles. The quantitative estimate of drug-likeness (QED) is 0.862. The Morgan fingerprint density at radius 1 is 1.33 bits per heavy atom. The van der Waals surface area contributed by atoms with E-state index in [2.05, 4.69) is 5.10 Å². The number of carbonyl (C=O) groups excluding carboxylic acids is 1. The van der Waals surface area contributed by atoms with E-state index in [0.717, 1.165) is 22.9 Å². The van der Waals surface area contributed by atoms with Crippen molar-refractivity contribution < 1.29 is 22.7 Å². The van der Waals surface area contributed by atoms with E-state index in [-0.39, 0.29) is 30.1 Å². The Morgan fingerprint density at radius 3 is 2.67 bits per heavy atom. The van der Waals surface area contributed by atoms with Crippen LogP contribution in [0.25, 0.3) is 0 Å². The molecule has 0 atom stereocenters. The van der Waals surface area contributed by atoms with Gasteiger partial charge in [-0.25, -0.2) is 9.48 Å². The first-order valence-electron chi connectivity index (χ1n) is 6.93. The Hall–Kier alpha value is -2.84. The molecule has 2 aromatic rings. The summed E-state index contributed by atoms with van der Waals surface area (Å²) in [5, 5.41) is 3.79. The van der Waals surface area contributed by atoms with Crippen molar-refractivity contribution in [2.45, 2.75) is 26.3 Å². The number of nitrogens with two attached hydrogens (primary N) is 1. The van der Waals surface area contributed by atoms with Crippen molar-refractivity contribution in [3.63, 3.8) is 0 Å². The zero-order valence-corrected chi connectivity index (χ0v) is 12.6. The van der Waals surface area contributed by atoms with E-state index in [0.29, 0.717) is 0 Å². The minimum atomic E-state index is -4.48. The first kappa shape index (κ1) is 17.5. The van der Waals surface area contributed by atoms with Crippen molar-refractivity contribution in [3.05, 3.63) is 57.5 Å². The van der Waals surface area contributed by atoms with Crippen molar-refractivity contribution in [3.8, 4) is 0 Å². The van der Waals surface area contributed by atoms with Crippen LogP contribution in [0.15, 0.2) is 35.1 Å². The zero-order chi connectivity index (χ0) is 17.9. The smallest absolute Gasteiger partial charge is 0.416 e. The number of nitrogens with zero attached hydrogens (tertiary/aromatic N) is 2. The lowest BCUT2D eigenvalue weighted by atomic mass is 10.1. The fourth-order valence-corrected chi connectivity index (χ4v) is 1.94. The second-order valence-corrected chi connectivity index (χ2v) is 4.88. The third-order valence-electron chi connectivity index (χ3n) is 3.13. The molecule has 0 spiro atoms. The lowest BCUT2D eigenvalue weighted by Crippen LogP contribution is -2.27. The first-order chi connectivity index (χ1) is 11.2. The van der Waals surface area contributed by atoms with E-state index in [1.54, 1.807) is 6.92 Å². The average Bonchev–Trinajstić information content (AvgIpc) is 2.54. The minimum Gasteiger partial charge on any atom is -0.456 e. The molecule has 1 heterocycles. The first-order valence-corrected chi connectivity index (χ1v) is 6.93. The molecule has 0 aliphatic rings. The number of esters is 1. The maximum atomic E-state index is 12.6. The van der Waals surface area contributed by atoms with Crippen LogP contribution in [0.4, 0.5) is 18.9 Å². The number of halogens is 3. The average molecular weight is 341 g/mol. The van der Waals surface area contributed by atoms with Gasteiger partial charge in [0.1, 0.15) is 12.3 Å². The molecule has 128 valence electrons. The van der Waals surface area contributed by atoms with Crippen LogP contribution in [-0.4, -0.2) is 15.7 Å². The van der Waals surface area contributed by atoms with Crippen LogP contribution in [-0.2, 0) is 24.1 Å². The van der Waals surface area contributed by atoms with Crippen LogP contribution >= 0.6 is 0 Å². The maximum absolute atomic E-state index is 12.6. The molecule has 0 saturated heterocycles. The lowest BCUT2D eigenvalue weighted by Gasteiger charge is -2.10. The molecule has 2 N–H and O–H groups in total. The van der Waals surface area contributed by atoms with Gasteiger partial charge in [0.15, 0.2) is 5.69 Å². The standard InChI is InChI=1S/C15H14F3N3O3/c1-2-21-13(22)11(19)7-12(20-21)14(23)24-8-9-4-3-5-10(6-9)15(16,17)18/h3-7H,2,8,19H2,1H3. The Balaban J connectivity index is 2.14. The van der Waals surface area contributed by atoms with Crippen LogP contribution in [0.5, 0.6) is 0 Å². The van der Waals surface area contributed by atoms with Crippen LogP contribution in [0.3, 0.4) is 0 Å². The van der Waals surface area contributed by atoms with E-state index in [1.807, 2.05) is 0 Å². The van der Waals surface area contributed by atoms with Gasteiger partial charge in [0.2, 0.25) is 0 Å². The SMILES string of the molecule is CCn1nc(C(=O)OCc2cccc(C(F)(F)F)c2)cc(N)c1=O. The normalized spacial score (nSPS) is 11.3. The number of anilines is 1. The number of ether oxygens (including phenoxy) is 1. The summed E-state index contributed by atoms with van der Waals surface area (Å²) in [5.41, 5.74) is 3.95. The van der Waals surface area contributed by atoms with Crippen LogP contribution < -0.4 is 11.3 Å². The van der Waals surface area contributed by atoms with Gasteiger partial charge in [-0.05, 0) is 24.6 Å². The summed E-state index contributed by atoms with van der Waals surface area (Å²) in [4.78, 5) is 23.6. The molecule has 0 aliphatic carbocycles. The highest BCUT2D eigenvalue weighted by Gasteiger charge is 2.30. The molecule has 0 bridgehead atoms. The summed E-state index contributed by atoms with van der Waals surface area (Å²) in [6.45, 7) is 1.49. The topological polar surface area (TPSA) is 87.2 Å². The number of hydrogen-bond acceptors (Lipinski definition) is 5. The molecule has 24 heavy (non-hydrogen) atoms. The zero-order valence-electron chi connectivity index (χ0n) is 12.6. The van der Waals surface area contributed by atoms with Gasteiger partial charge in [-0.1, -0.05) is 12.1 Å². The molecule has 1 aromatic heterocycles. The molecule has 0 aliphatic heterocycles. The van der Waals surface area contributed by atoms with Gasteiger partial charge in [-0.15, -0.1) is 0 Å². The monoisotopic (exact) mass is 341 g/mol. The van der Waals surface area contributed by atoms with Gasteiger partial charge < -0.3 is 10.5 Å². The minimum absolute atomic E-state index is 0.169. The number of aromatic nitrogens is 2. The molecular weight excluding hydrogens is 327 g/mol. The molecule has 0 unspecified atom stereocenters. The lowest BCUT2D eigenvalue weighted by molar-refractivity contribution is -0.137. The largest absolute Gasteiger partial charge is 0.456 e. The summed E-state index contributed by atoms with van der Waals surface area (Å²) in [5.74, 6) is -0.888. The number of aryl methyl sites for hydroxylation is 1. The number of nitrogen functional groups attached to an aromatic ring is 1. The predicted octanol–water partition coefficient (Wildman–Crippen LogP) is 2.22. The highest BCUT2D eigenvalue weighted by atomic mass is 19.4. The summed E-state index contributed by atoms with van der Waals surface area (Å²) >= 11 is 0. The number of rotatable bonds is 4. The third-order valence-corrected chi connectivity index (χ3v) is 3.13. The Morgan fingerprint density at radius 2 is 2.04 bits per heavy atom. The van der Waals surface area contributed by atoms with Crippen molar-refractivity contribution in [2.75, 3.05) is 5.73 Å². The van der Waals surface area contributed by atoms with Gasteiger partial charge in [0, 0.05) is 12.6 Å². The van der Waals surface area contributed by atoms with Gasteiger partial charge in [-0.3, -0.25) is 4.79 Å². The van der Waals surface area contributed by atoms with Gasteiger partial charge in [-0.2, -0.15) is 18.3 Å². The maximum Gasteiger partial charge on any atom is 0.416 e. The highest BCUT2D eigenvalue weighted by molar-refractivity contribution is 5.87. The van der Waals surface area contributed by atoms with Gasteiger partial charge >= 0.3 is 12.1 Å². The molecular formula is C15H14F3N3O3. The van der Waals surface area contributed by atoms with Crippen molar-refractivity contribution in [1.29, 1.82) is 0 Å². The number of benzene rings is 1. The number of hydrogen-bond donors (Lipinski definition) is 1. The molecule has 6 nitrogen and oxygen atoms in total. The Kier molecular flexibility index (Phi) is 4.91. The van der Waals surface area contributed by atoms with Crippen molar-refractivity contribution >= 4 is 11.7 Å². The Labute approximate surface area is 134 Å². The van der Waals surface area contributed by atoms with E-state index in [9.17, 15) is 22.8 Å². The van der Waals surface area contributed by atoms with Crippen LogP contribution in [0.2, 0.25) is 0 Å². The summed E-state index contributed by atoms with van der Waals surface area (Å²) in [7, 11) is 0. The molecule has 9 heteroatoms. The molecule has 0 radical (unpaired) electrons. The van der Waals surface area contributed by atoms with E-state index >= 15 is 0 Å². The molecule has 0 saturated carbocycles.